The van der Waals surface area contributed by atoms with Crippen molar-refractivity contribution in [3.8, 4) is 0 Å². The summed E-state index contributed by atoms with van der Waals surface area (Å²) in [4.78, 5) is 11.9. The summed E-state index contributed by atoms with van der Waals surface area (Å²) >= 11 is 0. The molecule has 4 rings (SSSR count). The van der Waals surface area contributed by atoms with Crippen molar-refractivity contribution in [3.05, 3.63) is 83.5 Å². The van der Waals surface area contributed by atoms with E-state index in [0.29, 0.717) is 18.0 Å². The number of benzene rings is 1. The molecule has 0 saturated carbocycles. The number of hydrogen-bond acceptors (Lipinski definition) is 3. The smallest absolute Gasteiger partial charge is 0.126 e. The van der Waals surface area contributed by atoms with Crippen LogP contribution in [0.4, 0.5) is 4.39 Å². The van der Waals surface area contributed by atoms with E-state index >= 15 is 0 Å². The third-order valence-electron chi connectivity index (χ3n) is 5.35. The average molecular weight is 364 g/mol. The van der Waals surface area contributed by atoms with Crippen LogP contribution < -0.4 is 0 Å². The fraction of sp³-hybridized carbons (Fsp3) is 0.364. The lowest BCUT2D eigenvalue weighted by atomic mass is 10.1. The Hall–Kier alpha value is -2.53. The quantitative estimate of drug-likeness (QED) is 0.651. The lowest BCUT2D eigenvalue weighted by Gasteiger charge is -2.24. The van der Waals surface area contributed by atoms with Crippen LogP contribution in [0.1, 0.15) is 48.6 Å². The van der Waals surface area contributed by atoms with Crippen LogP contribution in [0.5, 0.6) is 0 Å². The summed E-state index contributed by atoms with van der Waals surface area (Å²) < 4.78 is 16.2. The fourth-order valence-corrected chi connectivity index (χ4v) is 3.93. The Morgan fingerprint density at radius 1 is 1.15 bits per heavy atom. The van der Waals surface area contributed by atoms with Gasteiger partial charge in [0.2, 0.25) is 0 Å². The van der Waals surface area contributed by atoms with Crippen molar-refractivity contribution in [2.24, 2.45) is 0 Å². The lowest BCUT2D eigenvalue weighted by molar-refractivity contribution is 0.235. The van der Waals surface area contributed by atoms with Gasteiger partial charge in [0.25, 0.3) is 0 Å². The monoisotopic (exact) mass is 364 g/mol. The van der Waals surface area contributed by atoms with Gasteiger partial charge < -0.3 is 4.57 Å². The molecule has 0 unspecified atom stereocenters. The molecule has 0 aliphatic carbocycles. The summed E-state index contributed by atoms with van der Waals surface area (Å²) in [6.07, 6.45) is 6.69. The van der Waals surface area contributed by atoms with Gasteiger partial charge in [0.15, 0.2) is 0 Å². The van der Waals surface area contributed by atoms with E-state index in [4.69, 9.17) is 4.98 Å². The Kier molecular flexibility index (Phi) is 5.30. The highest BCUT2D eigenvalue weighted by Crippen LogP contribution is 2.32. The number of aryl methyl sites for hydroxylation is 1. The molecule has 0 N–H and O–H groups in total. The van der Waals surface area contributed by atoms with Gasteiger partial charge in [0.05, 0.1) is 18.3 Å². The molecule has 4 nitrogen and oxygen atoms in total. The summed E-state index contributed by atoms with van der Waals surface area (Å²) in [5, 5.41) is 0. The number of halogens is 1. The molecule has 0 bridgehead atoms. The van der Waals surface area contributed by atoms with Crippen LogP contribution in [0.25, 0.3) is 0 Å². The van der Waals surface area contributed by atoms with Crippen molar-refractivity contribution in [2.45, 2.75) is 45.3 Å². The van der Waals surface area contributed by atoms with Crippen LogP contribution >= 0.6 is 0 Å². The first kappa shape index (κ1) is 17.9. The van der Waals surface area contributed by atoms with E-state index in [2.05, 4.69) is 27.4 Å². The van der Waals surface area contributed by atoms with Gasteiger partial charge in [-0.25, -0.2) is 9.37 Å². The van der Waals surface area contributed by atoms with E-state index in [1.807, 2.05) is 36.7 Å². The number of nitrogens with zero attached hydrogens (tertiary/aromatic N) is 4. The second kappa shape index (κ2) is 8.01. The fourth-order valence-electron chi connectivity index (χ4n) is 3.93. The minimum Gasteiger partial charge on any atom is -0.334 e. The molecule has 1 aliphatic rings. The second-order valence-electron chi connectivity index (χ2n) is 7.08. The number of aromatic nitrogens is 3. The van der Waals surface area contributed by atoms with Crippen LogP contribution in [-0.4, -0.2) is 26.0 Å². The van der Waals surface area contributed by atoms with Crippen LogP contribution in [0.3, 0.4) is 0 Å². The lowest BCUT2D eigenvalue weighted by Crippen LogP contribution is -2.25. The molecular weight excluding hydrogens is 339 g/mol. The molecule has 27 heavy (non-hydrogen) atoms. The molecule has 0 radical (unpaired) electrons. The molecule has 1 atom stereocenters. The SMILES string of the molecule is CCn1ccnc1CN1CCC[C@@H]1c1cccc(Cc2ccccc2F)n1. The normalized spacial score (nSPS) is 17.5. The molecule has 0 spiro atoms. The molecule has 2 aromatic heterocycles. The largest absolute Gasteiger partial charge is 0.334 e. The Labute approximate surface area is 159 Å². The first-order valence-electron chi connectivity index (χ1n) is 9.68. The summed E-state index contributed by atoms with van der Waals surface area (Å²) in [6.45, 7) is 4.97. The van der Waals surface area contributed by atoms with E-state index in [1.54, 1.807) is 6.07 Å². The summed E-state index contributed by atoms with van der Waals surface area (Å²) in [5.41, 5.74) is 2.69. The van der Waals surface area contributed by atoms with Crippen LogP contribution in [0, 0.1) is 5.82 Å². The maximum atomic E-state index is 14.0. The molecule has 1 aliphatic heterocycles. The molecule has 5 heteroatoms. The van der Waals surface area contributed by atoms with Gasteiger partial charge in [-0.3, -0.25) is 9.88 Å². The van der Waals surface area contributed by atoms with Gasteiger partial charge in [-0.1, -0.05) is 24.3 Å². The van der Waals surface area contributed by atoms with Crippen LogP contribution in [0.15, 0.2) is 54.9 Å². The van der Waals surface area contributed by atoms with Crippen LogP contribution in [0.2, 0.25) is 0 Å². The van der Waals surface area contributed by atoms with Gasteiger partial charge in [-0.15, -0.1) is 0 Å². The van der Waals surface area contributed by atoms with Gasteiger partial charge in [0, 0.05) is 31.1 Å². The predicted octanol–water partition coefficient (Wildman–Crippen LogP) is 4.37. The number of imidazole rings is 1. The minimum atomic E-state index is -0.168. The molecule has 3 heterocycles. The van der Waals surface area contributed by atoms with Gasteiger partial charge >= 0.3 is 0 Å². The Bertz CT molecular complexity index is 905. The van der Waals surface area contributed by atoms with E-state index < -0.39 is 0 Å². The van der Waals surface area contributed by atoms with Crippen LogP contribution in [-0.2, 0) is 19.5 Å². The second-order valence-corrected chi connectivity index (χ2v) is 7.08. The molecular formula is C22H25FN4. The van der Waals surface area contributed by atoms with E-state index in [9.17, 15) is 4.39 Å². The topological polar surface area (TPSA) is 34.0 Å². The Balaban J connectivity index is 1.53. The van der Waals surface area contributed by atoms with E-state index in [0.717, 1.165) is 49.7 Å². The van der Waals surface area contributed by atoms with Gasteiger partial charge in [-0.05, 0) is 50.1 Å². The van der Waals surface area contributed by atoms with Crippen molar-refractivity contribution in [1.29, 1.82) is 0 Å². The Morgan fingerprint density at radius 3 is 2.89 bits per heavy atom. The van der Waals surface area contributed by atoms with Crippen molar-refractivity contribution in [1.82, 2.24) is 19.4 Å². The van der Waals surface area contributed by atoms with Crippen molar-refractivity contribution >= 4 is 0 Å². The number of hydrogen-bond donors (Lipinski definition) is 0. The maximum absolute atomic E-state index is 14.0. The highest BCUT2D eigenvalue weighted by atomic mass is 19.1. The third-order valence-corrected chi connectivity index (χ3v) is 5.35. The summed E-state index contributed by atoms with van der Waals surface area (Å²) in [6, 6.07) is 13.4. The molecule has 1 aromatic carbocycles. The number of rotatable bonds is 6. The van der Waals surface area contributed by atoms with Crippen molar-refractivity contribution < 1.29 is 4.39 Å². The third kappa shape index (κ3) is 3.93. The predicted molar refractivity (Wildman–Crippen MR) is 104 cm³/mol. The van der Waals surface area contributed by atoms with E-state index in [-0.39, 0.29) is 5.82 Å². The molecule has 140 valence electrons. The zero-order valence-electron chi connectivity index (χ0n) is 15.7. The highest BCUT2D eigenvalue weighted by molar-refractivity contribution is 5.25. The number of likely N-dealkylation sites (tertiary alicyclic amines) is 1. The van der Waals surface area contributed by atoms with Gasteiger partial charge in [0.1, 0.15) is 11.6 Å². The first-order chi connectivity index (χ1) is 13.2. The van der Waals surface area contributed by atoms with Crippen molar-refractivity contribution in [2.75, 3.05) is 6.54 Å². The standard InChI is InChI=1S/C22H25FN4/c1-2-26-14-12-24-22(26)16-27-13-6-11-21(27)20-10-5-8-18(25-20)15-17-7-3-4-9-19(17)23/h3-5,7-10,12,14,21H,2,6,11,13,15-16H2,1H3/t21-/m1/s1. The average Bonchev–Trinajstić information content (AvgIpc) is 3.33. The maximum Gasteiger partial charge on any atom is 0.126 e. The minimum absolute atomic E-state index is 0.168. The summed E-state index contributed by atoms with van der Waals surface area (Å²) in [7, 11) is 0. The zero-order chi connectivity index (χ0) is 18.6. The Morgan fingerprint density at radius 2 is 2.04 bits per heavy atom. The van der Waals surface area contributed by atoms with E-state index in [1.165, 1.54) is 6.07 Å². The first-order valence-corrected chi connectivity index (χ1v) is 9.68. The molecule has 0 amide bonds. The summed E-state index contributed by atoms with van der Waals surface area (Å²) in [5.74, 6) is 0.936. The molecule has 3 aromatic rings. The number of pyridine rings is 1. The van der Waals surface area contributed by atoms with Crippen molar-refractivity contribution in [3.63, 3.8) is 0 Å². The highest BCUT2D eigenvalue weighted by Gasteiger charge is 2.28. The molecule has 1 fully saturated rings. The van der Waals surface area contributed by atoms with Gasteiger partial charge in [-0.2, -0.15) is 0 Å². The zero-order valence-corrected chi connectivity index (χ0v) is 15.7. The molecule has 1 saturated heterocycles.